The number of fused-ring (bicyclic) bond motifs is 2. The molecule has 36 heavy (non-hydrogen) atoms. The number of amides is 3. The number of hydrogen-bond acceptors (Lipinski definition) is 8. The molecule has 0 aromatic carbocycles. The lowest BCUT2D eigenvalue weighted by molar-refractivity contribution is -0.143. The van der Waals surface area contributed by atoms with Crippen LogP contribution in [-0.2, 0) is 16.1 Å². The van der Waals surface area contributed by atoms with Gasteiger partial charge in [-0.15, -0.1) is 11.3 Å². The molecule has 0 bridgehead atoms. The van der Waals surface area contributed by atoms with Crippen LogP contribution in [0.1, 0.15) is 51.8 Å². The fourth-order valence-corrected chi connectivity index (χ4v) is 6.98. The highest BCUT2D eigenvalue weighted by Gasteiger charge is 2.72. The molecule has 3 aromatic rings. The van der Waals surface area contributed by atoms with Gasteiger partial charge in [-0.3, -0.25) is 24.3 Å². The summed E-state index contributed by atoms with van der Waals surface area (Å²) < 4.78 is 0.758. The molecule has 3 amide bonds. The molecule has 3 aromatic heterocycles. The van der Waals surface area contributed by atoms with Crippen LogP contribution in [0.2, 0.25) is 0 Å². The number of rotatable bonds is 5. The third kappa shape index (κ3) is 3.06. The van der Waals surface area contributed by atoms with Crippen molar-refractivity contribution in [2.45, 2.75) is 33.2 Å². The Labute approximate surface area is 211 Å². The van der Waals surface area contributed by atoms with Gasteiger partial charge >= 0.3 is 0 Å². The summed E-state index contributed by atoms with van der Waals surface area (Å²) in [6, 6.07) is 5.82. The van der Waals surface area contributed by atoms with E-state index in [4.69, 9.17) is 5.73 Å². The average molecular weight is 501 g/mol. The fraction of sp³-hybridized carbons (Fsp3) is 0.385. The number of aromatic nitrogens is 2. The Hall–Kier alpha value is -3.68. The second-order valence-electron chi connectivity index (χ2n) is 10.4. The quantitative estimate of drug-likeness (QED) is 0.513. The molecule has 2 unspecified atom stereocenters. The zero-order valence-electron chi connectivity index (χ0n) is 20.1. The van der Waals surface area contributed by atoms with Gasteiger partial charge in [-0.1, -0.05) is 13.8 Å². The molecule has 182 valence electrons. The van der Waals surface area contributed by atoms with Crippen LogP contribution in [0.4, 0.5) is 0 Å². The summed E-state index contributed by atoms with van der Waals surface area (Å²) in [6.45, 7) is 7.35. The maximum Gasteiger partial charge on any atom is 0.251 e. The third-order valence-corrected chi connectivity index (χ3v) is 9.10. The molecule has 6 rings (SSSR count). The number of likely N-dealkylation sites (tertiary alicyclic amines) is 1. The van der Waals surface area contributed by atoms with Gasteiger partial charge in [0.1, 0.15) is 11.8 Å². The summed E-state index contributed by atoms with van der Waals surface area (Å²) in [5, 5.41) is 13.1. The molecule has 2 atom stereocenters. The minimum Gasteiger partial charge on any atom is -0.366 e. The van der Waals surface area contributed by atoms with Crippen LogP contribution in [0, 0.1) is 35.5 Å². The highest BCUT2D eigenvalue weighted by molar-refractivity contribution is 7.19. The van der Waals surface area contributed by atoms with Crippen LogP contribution in [-0.4, -0.2) is 45.7 Å². The molecule has 3 aliphatic rings. The van der Waals surface area contributed by atoms with E-state index in [1.165, 1.54) is 16.2 Å². The Morgan fingerprint density at radius 2 is 2.00 bits per heavy atom. The van der Waals surface area contributed by atoms with Gasteiger partial charge in [0.25, 0.3) is 5.91 Å². The van der Waals surface area contributed by atoms with Crippen molar-refractivity contribution in [3.8, 4) is 17.3 Å². The second-order valence-corrected chi connectivity index (χ2v) is 11.5. The van der Waals surface area contributed by atoms with Gasteiger partial charge in [0.15, 0.2) is 0 Å². The van der Waals surface area contributed by atoms with Crippen molar-refractivity contribution < 1.29 is 14.4 Å². The predicted molar refractivity (Wildman–Crippen MR) is 133 cm³/mol. The van der Waals surface area contributed by atoms with Crippen molar-refractivity contribution in [2.75, 3.05) is 13.1 Å². The number of imide groups is 1. The molecule has 2 saturated heterocycles. The largest absolute Gasteiger partial charge is 0.366 e. The zero-order chi connectivity index (χ0) is 25.5. The predicted octanol–water partition coefficient (Wildman–Crippen LogP) is 2.47. The van der Waals surface area contributed by atoms with Crippen LogP contribution in [0.3, 0.4) is 0 Å². The molecule has 0 radical (unpaired) electrons. The summed E-state index contributed by atoms with van der Waals surface area (Å²) in [7, 11) is 0. The number of carbonyl (C=O) groups excluding carboxylic acids is 3. The van der Waals surface area contributed by atoms with Gasteiger partial charge in [0, 0.05) is 35.6 Å². The first kappa shape index (κ1) is 22.8. The Morgan fingerprint density at radius 1 is 1.31 bits per heavy atom. The van der Waals surface area contributed by atoms with Crippen LogP contribution >= 0.6 is 11.3 Å². The number of carbonyl (C=O) groups is 3. The first-order valence-corrected chi connectivity index (χ1v) is 12.6. The van der Waals surface area contributed by atoms with E-state index in [2.05, 4.69) is 21.4 Å². The summed E-state index contributed by atoms with van der Waals surface area (Å²) in [6.07, 6.45) is 1.62. The summed E-state index contributed by atoms with van der Waals surface area (Å²) in [4.78, 5) is 49.5. The SMILES string of the molecule is Cc1c(C(N)=O)c(-c2ccnc3cc(CN4C(=O)C5C(C4=O)C5(C)C)sc23)nc(C#N)c1C1CNC1. The van der Waals surface area contributed by atoms with Crippen LogP contribution < -0.4 is 11.1 Å². The van der Waals surface area contributed by atoms with Crippen LogP contribution in [0.25, 0.3) is 21.5 Å². The van der Waals surface area contributed by atoms with Crippen molar-refractivity contribution >= 4 is 39.3 Å². The monoisotopic (exact) mass is 500 g/mol. The standard InChI is InChI=1S/C26H24N6O3S/c1-11-17(12-8-29-9-12)16(7-27)31-21(18(11)23(28)33)14-4-5-30-15-6-13(36-22(14)15)10-32-24(34)19-20(25(32)35)26(19,2)3/h4-6,12,19-20,29H,8-10H2,1-3H3,(H2,28,33). The Morgan fingerprint density at radius 3 is 2.58 bits per heavy atom. The first-order chi connectivity index (χ1) is 17.1. The maximum absolute atomic E-state index is 12.8. The zero-order valence-corrected chi connectivity index (χ0v) is 20.9. The minimum absolute atomic E-state index is 0.108. The van der Waals surface area contributed by atoms with Crippen LogP contribution in [0.5, 0.6) is 0 Å². The number of nitrogens with zero attached hydrogens (tertiary/aromatic N) is 4. The Kier molecular flexibility index (Phi) is 4.84. The molecule has 9 nitrogen and oxygen atoms in total. The number of nitriles is 1. The summed E-state index contributed by atoms with van der Waals surface area (Å²) in [5.41, 5.74) is 9.25. The van der Waals surface area contributed by atoms with Crippen molar-refractivity contribution in [3.63, 3.8) is 0 Å². The Balaban J connectivity index is 1.43. The topological polar surface area (TPSA) is 142 Å². The van der Waals surface area contributed by atoms with E-state index in [0.717, 1.165) is 28.2 Å². The molecular weight excluding hydrogens is 476 g/mol. The van der Waals surface area contributed by atoms with Crippen molar-refractivity contribution in [1.29, 1.82) is 5.26 Å². The van der Waals surface area contributed by atoms with Gasteiger partial charge in [-0.05, 0) is 35.6 Å². The Bertz CT molecular complexity index is 1520. The molecule has 10 heteroatoms. The molecule has 1 aliphatic carbocycles. The summed E-state index contributed by atoms with van der Waals surface area (Å²) >= 11 is 1.40. The number of pyridine rings is 2. The average Bonchev–Trinajstić information content (AvgIpc) is 3.04. The van der Waals surface area contributed by atoms with Crippen molar-refractivity contribution in [3.05, 3.63) is 45.6 Å². The molecule has 1 saturated carbocycles. The molecule has 0 spiro atoms. The van der Waals surface area contributed by atoms with E-state index >= 15 is 0 Å². The summed E-state index contributed by atoms with van der Waals surface area (Å²) in [5.74, 6) is -1.19. The number of nitrogens with two attached hydrogens (primary N) is 1. The smallest absolute Gasteiger partial charge is 0.251 e. The van der Waals surface area contributed by atoms with Gasteiger partial charge in [0.05, 0.1) is 39.9 Å². The van der Waals surface area contributed by atoms with E-state index in [9.17, 15) is 19.6 Å². The minimum atomic E-state index is -0.607. The van der Waals surface area contributed by atoms with E-state index in [1.807, 2.05) is 26.8 Å². The van der Waals surface area contributed by atoms with E-state index < -0.39 is 5.91 Å². The highest BCUT2D eigenvalue weighted by atomic mass is 32.1. The number of hydrogen-bond donors (Lipinski definition) is 2. The number of thiophene rings is 1. The lowest BCUT2D eigenvalue weighted by Gasteiger charge is -2.30. The molecule has 2 aliphatic heterocycles. The van der Waals surface area contributed by atoms with E-state index in [0.29, 0.717) is 27.9 Å². The van der Waals surface area contributed by atoms with Crippen molar-refractivity contribution in [2.24, 2.45) is 23.0 Å². The number of primary amides is 1. The number of piperidine rings is 1. The van der Waals surface area contributed by atoms with Crippen LogP contribution in [0.15, 0.2) is 18.3 Å². The highest BCUT2D eigenvalue weighted by Crippen LogP contribution is 2.63. The van der Waals surface area contributed by atoms with Gasteiger partial charge < -0.3 is 11.1 Å². The van der Waals surface area contributed by atoms with Gasteiger partial charge in [-0.2, -0.15) is 5.26 Å². The van der Waals surface area contributed by atoms with Crippen molar-refractivity contribution in [1.82, 2.24) is 20.2 Å². The number of nitrogens with one attached hydrogen (secondary N) is 1. The first-order valence-electron chi connectivity index (χ1n) is 11.8. The molecule has 3 fully saturated rings. The van der Waals surface area contributed by atoms with Gasteiger partial charge in [0.2, 0.25) is 11.8 Å². The fourth-order valence-electron chi connectivity index (χ4n) is 5.86. The second kappa shape index (κ2) is 7.66. The molecule has 3 N–H and O–H groups in total. The third-order valence-electron chi connectivity index (χ3n) is 7.96. The maximum atomic E-state index is 12.8. The molecular formula is C26H24N6O3S. The van der Waals surface area contributed by atoms with E-state index in [-0.39, 0.29) is 47.2 Å². The lowest BCUT2D eigenvalue weighted by Crippen LogP contribution is -2.41. The van der Waals surface area contributed by atoms with Gasteiger partial charge in [-0.25, -0.2) is 4.98 Å². The lowest BCUT2D eigenvalue weighted by atomic mass is 9.85. The molecule has 5 heterocycles. The normalized spacial score (nSPS) is 22.4. The van der Waals surface area contributed by atoms with E-state index in [1.54, 1.807) is 12.3 Å².